The first-order chi connectivity index (χ1) is 9.69. The number of hydrogen-bond acceptors (Lipinski definition) is 4. The normalized spacial score (nSPS) is 10.8. The van der Waals surface area contributed by atoms with Gasteiger partial charge in [0, 0.05) is 38.0 Å². The highest BCUT2D eigenvalue weighted by Crippen LogP contribution is 2.23. The second-order valence-corrected chi connectivity index (χ2v) is 5.05. The van der Waals surface area contributed by atoms with Gasteiger partial charge in [0.2, 0.25) is 0 Å². The van der Waals surface area contributed by atoms with E-state index >= 15 is 0 Å². The molecule has 0 amide bonds. The topological polar surface area (TPSA) is 36.9 Å². The summed E-state index contributed by atoms with van der Waals surface area (Å²) in [6.07, 6.45) is 6.81. The Morgan fingerprint density at radius 2 is 2.05 bits per heavy atom. The van der Waals surface area contributed by atoms with E-state index in [0.717, 1.165) is 23.5 Å². The van der Waals surface area contributed by atoms with Crippen molar-refractivity contribution < 1.29 is 4.74 Å². The lowest BCUT2D eigenvalue weighted by molar-refractivity contribution is 0.414. The molecule has 0 heterocycles. The van der Waals surface area contributed by atoms with Gasteiger partial charge in [-0.3, -0.25) is 0 Å². The van der Waals surface area contributed by atoms with E-state index in [2.05, 4.69) is 28.4 Å². The van der Waals surface area contributed by atoms with Gasteiger partial charge >= 0.3 is 0 Å². The maximum absolute atomic E-state index is 5.40. The Hall–Kier alpha value is -1.71. The molecule has 1 N–H and O–H groups in total. The van der Waals surface area contributed by atoms with E-state index in [1.807, 2.05) is 32.4 Å². The van der Waals surface area contributed by atoms with Crippen molar-refractivity contribution >= 4 is 11.9 Å². The smallest absolute Gasteiger partial charge is 0.129 e. The van der Waals surface area contributed by atoms with Crippen molar-refractivity contribution in [3.05, 3.63) is 23.8 Å². The second-order valence-electron chi connectivity index (χ2n) is 5.05. The first-order valence-corrected chi connectivity index (χ1v) is 7.30. The van der Waals surface area contributed by atoms with E-state index in [4.69, 9.17) is 4.74 Å². The van der Waals surface area contributed by atoms with Gasteiger partial charge in [-0.05, 0) is 18.6 Å². The third-order valence-electron chi connectivity index (χ3n) is 3.17. The molecule has 0 saturated carbocycles. The van der Waals surface area contributed by atoms with Gasteiger partial charge in [-0.1, -0.05) is 26.2 Å². The molecule has 1 aromatic carbocycles. The number of ether oxygens (including phenoxy) is 1. The zero-order chi connectivity index (χ0) is 14.8. The SMILES string of the molecule is CCCCCCNN=Cc1ccc(N(C)C)cc1OC. The summed E-state index contributed by atoms with van der Waals surface area (Å²) < 4.78 is 5.40. The third kappa shape index (κ3) is 5.51. The van der Waals surface area contributed by atoms with Crippen molar-refractivity contribution in [1.82, 2.24) is 5.43 Å². The molecular weight excluding hydrogens is 250 g/mol. The highest BCUT2D eigenvalue weighted by molar-refractivity contribution is 5.84. The molecule has 0 atom stereocenters. The summed E-state index contributed by atoms with van der Waals surface area (Å²) in [6, 6.07) is 6.10. The molecule has 0 bridgehead atoms. The van der Waals surface area contributed by atoms with E-state index < -0.39 is 0 Å². The Labute approximate surface area is 122 Å². The van der Waals surface area contributed by atoms with Crippen LogP contribution in [0.2, 0.25) is 0 Å². The molecule has 1 rings (SSSR count). The lowest BCUT2D eigenvalue weighted by Gasteiger charge is -2.14. The van der Waals surface area contributed by atoms with E-state index in [1.165, 1.54) is 25.7 Å². The van der Waals surface area contributed by atoms with Crippen LogP contribution in [0.25, 0.3) is 0 Å². The van der Waals surface area contributed by atoms with Crippen molar-refractivity contribution in [1.29, 1.82) is 0 Å². The van der Waals surface area contributed by atoms with Gasteiger partial charge in [-0.25, -0.2) is 0 Å². The average molecular weight is 277 g/mol. The number of nitrogens with one attached hydrogen (secondary N) is 1. The molecule has 0 aliphatic carbocycles. The fraction of sp³-hybridized carbons (Fsp3) is 0.562. The van der Waals surface area contributed by atoms with Gasteiger partial charge in [0.05, 0.1) is 13.3 Å². The van der Waals surface area contributed by atoms with Crippen molar-refractivity contribution in [2.75, 3.05) is 32.6 Å². The average Bonchev–Trinajstić information content (AvgIpc) is 2.46. The van der Waals surface area contributed by atoms with Crippen LogP contribution in [0.5, 0.6) is 5.75 Å². The fourth-order valence-corrected chi connectivity index (χ4v) is 1.90. The summed E-state index contributed by atoms with van der Waals surface area (Å²) >= 11 is 0. The molecular formula is C16H27N3O. The van der Waals surface area contributed by atoms with Gasteiger partial charge in [0.15, 0.2) is 0 Å². The summed E-state index contributed by atoms with van der Waals surface area (Å²) in [7, 11) is 5.71. The standard InChI is InChI=1S/C16H27N3O/c1-5-6-7-8-11-17-18-13-14-9-10-15(19(2)3)12-16(14)20-4/h9-10,12-13,17H,5-8,11H2,1-4H3. The zero-order valence-corrected chi connectivity index (χ0v) is 13.1. The lowest BCUT2D eigenvalue weighted by atomic mass is 10.2. The highest BCUT2D eigenvalue weighted by atomic mass is 16.5. The van der Waals surface area contributed by atoms with Crippen LogP contribution in [-0.2, 0) is 0 Å². The molecule has 4 nitrogen and oxygen atoms in total. The Morgan fingerprint density at radius 1 is 1.25 bits per heavy atom. The Kier molecular flexibility index (Phi) is 7.55. The van der Waals surface area contributed by atoms with Crippen molar-refractivity contribution in [3.63, 3.8) is 0 Å². The Bertz CT molecular complexity index is 416. The van der Waals surface area contributed by atoms with Crippen molar-refractivity contribution in [3.8, 4) is 5.75 Å². The quantitative estimate of drug-likeness (QED) is 0.427. The molecule has 0 saturated heterocycles. The highest BCUT2D eigenvalue weighted by Gasteiger charge is 2.03. The molecule has 0 aromatic heterocycles. The molecule has 1 aromatic rings. The van der Waals surface area contributed by atoms with Gasteiger partial charge in [0.25, 0.3) is 0 Å². The molecule has 0 unspecified atom stereocenters. The lowest BCUT2D eigenvalue weighted by Crippen LogP contribution is -2.10. The first-order valence-electron chi connectivity index (χ1n) is 7.30. The minimum absolute atomic E-state index is 0.840. The summed E-state index contributed by atoms with van der Waals surface area (Å²) in [5, 5.41) is 4.25. The van der Waals surface area contributed by atoms with E-state index in [-0.39, 0.29) is 0 Å². The summed E-state index contributed by atoms with van der Waals surface area (Å²) in [6.45, 7) is 3.14. The maximum atomic E-state index is 5.40. The van der Waals surface area contributed by atoms with E-state index in [1.54, 1.807) is 7.11 Å². The van der Waals surface area contributed by atoms with Gasteiger partial charge in [-0.2, -0.15) is 5.10 Å². The number of rotatable bonds is 9. The van der Waals surface area contributed by atoms with Crippen LogP contribution in [0, 0.1) is 0 Å². The van der Waals surface area contributed by atoms with E-state index in [0.29, 0.717) is 0 Å². The first kappa shape index (κ1) is 16.3. The number of nitrogens with zero attached hydrogens (tertiary/aromatic N) is 2. The van der Waals surface area contributed by atoms with Gasteiger partial charge in [-0.15, -0.1) is 0 Å². The zero-order valence-electron chi connectivity index (χ0n) is 13.1. The fourth-order valence-electron chi connectivity index (χ4n) is 1.90. The van der Waals surface area contributed by atoms with Crippen molar-refractivity contribution in [2.24, 2.45) is 5.10 Å². The second kappa shape index (κ2) is 9.23. The Morgan fingerprint density at radius 3 is 2.70 bits per heavy atom. The molecule has 0 aliphatic heterocycles. The maximum Gasteiger partial charge on any atom is 0.129 e. The van der Waals surface area contributed by atoms with Crippen LogP contribution in [0.15, 0.2) is 23.3 Å². The predicted molar refractivity (Wildman–Crippen MR) is 87.1 cm³/mol. The van der Waals surface area contributed by atoms with E-state index in [9.17, 15) is 0 Å². The Balaban J connectivity index is 2.50. The van der Waals surface area contributed by atoms with Crippen LogP contribution >= 0.6 is 0 Å². The van der Waals surface area contributed by atoms with Gasteiger partial charge in [0.1, 0.15) is 5.75 Å². The summed E-state index contributed by atoms with van der Waals surface area (Å²) in [5.74, 6) is 0.840. The monoisotopic (exact) mass is 277 g/mol. The number of anilines is 1. The minimum Gasteiger partial charge on any atom is -0.496 e. The van der Waals surface area contributed by atoms with Crippen LogP contribution in [0.4, 0.5) is 5.69 Å². The van der Waals surface area contributed by atoms with Crippen LogP contribution in [0.1, 0.15) is 38.2 Å². The number of methoxy groups -OCH3 is 1. The predicted octanol–water partition coefficient (Wildman–Crippen LogP) is 3.27. The van der Waals surface area contributed by atoms with Gasteiger partial charge < -0.3 is 15.1 Å². The minimum atomic E-state index is 0.840. The number of hydrogen-bond donors (Lipinski definition) is 1. The molecule has 112 valence electrons. The summed E-state index contributed by atoms with van der Waals surface area (Å²) in [5.41, 5.74) is 5.19. The summed E-state index contributed by atoms with van der Waals surface area (Å²) in [4.78, 5) is 2.05. The molecule has 0 aliphatic rings. The van der Waals surface area contributed by atoms with Crippen LogP contribution in [-0.4, -0.2) is 34.0 Å². The number of hydrazone groups is 1. The number of benzene rings is 1. The van der Waals surface area contributed by atoms with Crippen LogP contribution < -0.4 is 15.1 Å². The number of unbranched alkanes of at least 4 members (excludes halogenated alkanes) is 3. The molecule has 4 heteroatoms. The molecule has 0 spiro atoms. The molecule has 20 heavy (non-hydrogen) atoms. The van der Waals surface area contributed by atoms with Crippen LogP contribution in [0.3, 0.4) is 0 Å². The largest absolute Gasteiger partial charge is 0.496 e. The molecule has 0 fully saturated rings. The van der Waals surface area contributed by atoms with Crippen molar-refractivity contribution in [2.45, 2.75) is 32.6 Å². The molecule has 0 radical (unpaired) electrons. The third-order valence-corrected chi connectivity index (χ3v) is 3.17.